The molecule has 0 unspecified atom stereocenters. The Balaban J connectivity index is 0.00000169. The van der Waals surface area contributed by atoms with Crippen molar-refractivity contribution in [2.45, 2.75) is 32.3 Å². The summed E-state index contributed by atoms with van der Waals surface area (Å²) in [5, 5.41) is 1.01. The van der Waals surface area contributed by atoms with E-state index in [1.54, 1.807) is 0 Å². The number of likely N-dealkylation sites (tertiary alicyclic amines) is 1. The molecule has 2 N–H and O–H groups in total. The summed E-state index contributed by atoms with van der Waals surface area (Å²) in [6.45, 7) is 4.78. The second-order valence-corrected chi connectivity index (χ2v) is 6.33. The highest BCUT2D eigenvalue weighted by Crippen LogP contribution is 2.21. The molecule has 0 saturated carbocycles. The van der Waals surface area contributed by atoms with Gasteiger partial charge in [-0.05, 0) is 44.9 Å². The smallest absolute Gasteiger partial charge is 0.256 e. The Morgan fingerprint density at radius 2 is 1.96 bits per heavy atom. The van der Waals surface area contributed by atoms with Crippen LogP contribution in [0.2, 0.25) is 0 Å². The summed E-state index contributed by atoms with van der Waals surface area (Å²) in [6.07, 6.45) is 2.90. The number of fused-ring (bicyclic) bond motifs is 1. The fourth-order valence-electron chi connectivity index (χ4n) is 3.15. The van der Waals surface area contributed by atoms with E-state index in [1.807, 2.05) is 42.2 Å². The van der Waals surface area contributed by atoms with Crippen LogP contribution in [-0.4, -0.2) is 48.1 Å². The third-order valence-corrected chi connectivity index (χ3v) is 4.52. The Morgan fingerprint density at radius 1 is 1.23 bits per heavy atom. The number of hydrogen-bond donors (Lipinski definition) is 1. The summed E-state index contributed by atoms with van der Waals surface area (Å²) >= 11 is 0. The Labute approximate surface area is 167 Å². The maximum absolute atomic E-state index is 12.9. The summed E-state index contributed by atoms with van der Waals surface area (Å²) in [7, 11) is 0. The number of ether oxygens (including phenoxy) is 1. The molecule has 2 heterocycles. The van der Waals surface area contributed by atoms with Gasteiger partial charge in [-0.25, -0.2) is 0 Å². The van der Waals surface area contributed by atoms with Gasteiger partial charge in [-0.15, -0.1) is 24.8 Å². The molecule has 1 aromatic carbocycles. The van der Waals surface area contributed by atoms with Crippen molar-refractivity contribution < 1.29 is 9.53 Å². The molecule has 3 rings (SSSR count). The van der Waals surface area contributed by atoms with E-state index >= 15 is 0 Å². The Morgan fingerprint density at radius 3 is 2.65 bits per heavy atom. The lowest BCUT2D eigenvalue weighted by Gasteiger charge is -2.32. The first kappa shape index (κ1) is 22.6. The van der Waals surface area contributed by atoms with Crippen LogP contribution in [0.4, 0.5) is 0 Å². The number of aryl methyl sites for hydroxylation is 1. The van der Waals surface area contributed by atoms with Crippen molar-refractivity contribution in [1.82, 2.24) is 9.88 Å². The second kappa shape index (κ2) is 10.7. The number of carbonyl (C=O) groups excluding carboxylic acids is 1. The van der Waals surface area contributed by atoms with Crippen molar-refractivity contribution in [2.75, 3.05) is 26.2 Å². The van der Waals surface area contributed by atoms with Crippen LogP contribution < -0.4 is 5.73 Å². The van der Waals surface area contributed by atoms with E-state index in [1.165, 1.54) is 0 Å². The lowest BCUT2D eigenvalue weighted by Crippen LogP contribution is -2.41. The number of nitrogens with two attached hydrogens (primary N) is 1. The molecule has 1 aromatic heterocycles. The molecular weight excluding hydrogens is 373 g/mol. The first-order valence-corrected chi connectivity index (χ1v) is 8.66. The molecule has 2 aromatic rings. The van der Waals surface area contributed by atoms with Gasteiger partial charge in [0.05, 0.1) is 17.2 Å². The Kier molecular flexibility index (Phi) is 9.30. The molecule has 0 aliphatic carbocycles. The van der Waals surface area contributed by atoms with E-state index in [-0.39, 0.29) is 36.8 Å². The van der Waals surface area contributed by atoms with Crippen molar-refractivity contribution in [3.8, 4) is 0 Å². The van der Waals surface area contributed by atoms with E-state index < -0.39 is 0 Å². The van der Waals surface area contributed by atoms with Crippen LogP contribution in [0.25, 0.3) is 10.9 Å². The molecule has 0 bridgehead atoms. The molecule has 1 aliphatic heterocycles. The van der Waals surface area contributed by atoms with Gasteiger partial charge in [0, 0.05) is 30.8 Å². The molecule has 1 aliphatic rings. The minimum Gasteiger partial charge on any atom is -0.378 e. The third kappa shape index (κ3) is 5.30. The highest BCUT2D eigenvalue weighted by molar-refractivity contribution is 6.05. The van der Waals surface area contributed by atoms with Gasteiger partial charge in [0.2, 0.25) is 0 Å². The van der Waals surface area contributed by atoms with Gasteiger partial charge in [0.25, 0.3) is 5.91 Å². The summed E-state index contributed by atoms with van der Waals surface area (Å²) in [6, 6.07) is 9.79. The maximum atomic E-state index is 12.9. The topological polar surface area (TPSA) is 68.5 Å². The number of aromatic nitrogens is 1. The number of rotatable bonds is 5. The van der Waals surface area contributed by atoms with E-state index in [9.17, 15) is 4.79 Å². The van der Waals surface area contributed by atoms with Crippen molar-refractivity contribution in [1.29, 1.82) is 0 Å². The van der Waals surface area contributed by atoms with Crippen LogP contribution in [0.1, 0.15) is 35.3 Å². The average Bonchev–Trinajstić information content (AvgIpc) is 2.61. The quantitative estimate of drug-likeness (QED) is 0.782. The summed E-state index contributed by atoms with van der Waals surface area (Å²) in [5.41, 5.74) is 7.90. The zero-order chi connectivity index (χ0) is 16.9. The summed E-state index contributed by atoms with van der Waals surface area (Å²) in [5.74, 6) is 0.0686. The number of hydrogen-bond acceptors (Lipinski definition) is 4. The first-order valence-electron chi connectivity index (χ1n) is 8.66. The Bertz CT molecular complexity index is 719. The van der Waals surface area contributed by atoms with Crippen LogP contribution in [0.5, 0.6) is 0 Å². The molecule has 7 heteroatoms. The van der Waals surface area contributed by atoms with Gasteiger partial charge in [-0.1, -0.05) is 18.2 Å². The van der Waals surface area contributed by atoms with Crippen molar-refractivity contribution >= 4 is 41.6 Å². The summed E-state index contributed by atoms with van der Waals surface area (Å²) in [4.78, 5) is 19.4. The van der Waals surface area contributed by atoms with Crippen molar-refractivity contribution in [3.63, 3.8) is 0 Å². The fraction of sp³-hybridized carbons (Fsp3) is 0.474. The fourth-order valence-corrected chi connectivity index (χ4v) is 3.15. The number of nitrogens with zero attached hydrogens (tertiary/aromatic N) is 2. The average molecular weight is 400 g/mol. The van der Waals surface area contributed by atoms with Crippen LogP contribution in [0.3, 0.4) is 0 Å². The molecule has 1 fully saturated rings. The van der Waals surface area contributed by atoms with Crippen LogP contribution in [0.15, 0.2) is 30.3 Å². The standard InChI is InChI=1S/C19H25N3O2.2ClH/c1-14-6-7-15-4-2-5-17(18(15)21-14)19(23)22-11-8-16(9-12-22)24-13-3-10-20;;/h2,4-7,16H,3,8-13,20H2,1H3;2*1H. The summed E-state index contributed by atoms with van der Waals surface area (Å²) < 4.78 is 5.81. The van der Waals surface area contributed by atoms with E-state index in [4.69, 9.17) is 10.5 Å². The number of pyridine rings is 1. The normalized spacial score (nSPS) is 14.6. The number of piperidine rings is 1. The second-order valence-electron chi connectivity index (χ2n) is 6.33. The molecule has 0 spiro atoms. The molecule has 1 saturated heterocycles. The molecular formula is C19H27Cl2N3O2. The lowest BCUT2D eigenvalue weighted by atomic mass is 10.0. The minimum atomic E-state index is 0. The van der Waals surface area contributed by atoms with E-state index in [2.05, 4.69) is 4.98 Å². The number of carbonyl (C=O) groups is 1. The van der Waals surface area contributed by atoms with Gasteiger partial charge in [-0.2, -0.15) is 0 Å². The lowest BCUT2D eigenvalue weighted by molar-refractivity contribution is 0.00849. The molecule has 5 nitrogen and oxygen atoms in total. The zero-order valence-electron chi connectivity index (χ0n) is 15.0. The number of amides is 1. The predicted octanol–water partition coefficient (Wildman–Crippen LogP) is 3.36. The van der Waals surface area contributed by atoms with Crippen molar-refractivity contribution in [2.24, 2.45) is 5.73 Å². The van der Waals surface area contributed by atoms with Crippen LogP contribution >= 0.6 is 24.8 Å². The first-order chi connectivity index (χ1) is 11.7. The SMILES string of the molecule is Cc1ccc2cccc(C(=O)N3CCC(OCCCN)CC3)c2n1.Cl.Cl. The van der Waals surface area contributed by atoms with Gasteiger partial charge in [0.1, 0.15) is 0 Å². The van der Waals surface area contributed by atoms with Crippen LogP contribution in [0, 0.1) is 6.92 Å². The molecule has 1 amide bonds. The van der Waals surface area contributed by atoms with Crippen LogP contribution in [-0.2, 0) is 4.74 Å². The third-order valence-electron chi connectivity index (χ3n) is 4.52. The van der Waals surface area contributed by atoms with E-state index in [0.29, 0.717) is 18.7 Å². The number of halogens is 2. The van der Waals surface area contributed by atoms with Gasteiger partial charge in [0.15, 0.2) is 0 Å². The Hall–Kier alpha value is -1.40. The molecule has 0 atom stereocenters. The van der Waals surface area contributed by atoms with Crippen molar-refractivity contribution in [3.05, 3.63) is 41.6 Å². The maximum Gasteiger partial charge on any atom is 0.256 e. The predicted molar refractivity (Wildman–Crippen MR) is 110 cm³/mol. The monoisotopic (exact) mass is 399 g/mol. The highest BCUT2D eigenvalue weighted by atomic mass is 35.5. The number of benzene rings is 1. The largest absolute Gasteiger partial charge is 0.378 e. The molecule has 0 radical (unpaired) electrons. The highest BCUT2D eigenvalue weighted by Gasteiger charge is 2.25. The van der Waals surface area contributed by atoms with Gasteiger partial charge >= 0.3 is 0 Å². The zero-order valence-corrected chi connectivity index (χ0v) is 16.7. The van der Waals surface area contributed by atoms with Gasteiger partial charge < -0.3 is 15.4 Å². The molecule has 26 heavy (non-hydrogen) atoms. The minimum absolute atomic E-state index is 0. The van der Waals surface area contributed by atoms with Gasteiger partial charge in [-0.3, -0.25) is 9.78 Å². The molecule has 144 valence electrons. The number of para-hydroxylation sites is 1. The van der Waals surface area contributed by atoms with E-state index in [0.717, 1.165) is 48.9 Å².